The van der Waals surface area contributed by atoms with Crippen LogP contribution in [0.5, 0.6) is 0 Å². The first-order valence-corrected chi connectivity index (χ1v) is 5.79. The average Bonchev–Trinajstić information content (AvgIpc) is 2.86. The van der Waals surface area contributed by atoms with E-state index >= 15 is 0 Å². The highest BCUT2D eigenvalue weighted by atomic mass is 35.5. The van der Waals surface area contributed by atoms with Gasteiger partial charge in [-0.3, -0.25) is 4.98 Å². The molecule has 1 aliphatic heterocycles. The van der Waals surface area contributed by atoms with Crippen molar-refractivity contribution in [3.63, 3.8) is 0 Å². The quantitative estimate of drug-likeness (QED) is 0.787. The van der Waals surface area contributed by atoms with Crippen LogP contribution < -0.4 is 5.32 Å². The molecule has 0 spiro atoms. The smallest absolute Gasteiger partial charge is 0.0680 e. The topological polar surface area (TPSA) is 24.9 Å². The summed E-state index contributed by atoms with van der Waals surface area (Å²) in [5.41, 5.74) is 3.71. The summed E-state index contributed by atoms with van der Waals surface area (Å²) in [4.78, 5) is 4.35. The zero-order valence-corrected chi connectivity index (χ0v) is 9.22. The van der Waals surface area contributed by atoms with Gasteiger partial charge in [-0.2, -0.15) is 0 Å². The van der Waals surface area contributed by atoms with Crippen LogP contribution in [0.1, 0.15) is 24.1 Å². The van der Waals surface area contributed by atoms with Crippen molar-refractivity contribution in [2.75, 3.05) is 6.54 Å². The molecule has 2 heterocycles. The number of hydrogen-bond donors (Lipinski definition) is 1. The minimum atomic E-state index is 0.551. The van der Waals surface area contributed by atoms with Crippen LogP contribution in [0.15, 0.2) is 17.8 Å². The Labute approximate surface area is 94.4 Å². The van der Waals surface area contributed by atoms with Crippen molar-refractivity contribution < 1.29 is 0 Å². The fourth-order valence-corrected chi connectivity index (χ4v) is 2.66. The maximum atomic E-state index is 6.15. The fraction of sp³-hybridized carbons (Fsp3) is 0.417. The lowest BCUT2D eigenvalue weighted by Crippen LogP contribution is -2.23. The lowest BCUT2D eigenvalue weighted by Gasteiger charge is -2.11. The van der Waals surface area contributed by atoms with E-state index in [4.69, 9.17) is 11.6 Å². The Morgan fingerprint density at radius 2 is 2.40 bits per heavy atom. The van der Waals surface area contributed by atoms with Crippen molar-refractivity contribution in [2.24, 2.45) is 0 Å². The van der Waals surface area contributed by atoms with Crippen LogP contribution in [-0.4, -0.2) is 17.6 Å². The van der Waals surface area contributed by atoms with E-state index in [1.165, 1.54) is 24.0 Å². The molecule has 15 heavy (non-hydrogen) atoms. The molecule has 1 atom stereocenters. The number of hydrogen-bond acceptors (Lipinski definition) is 2. The van der Waals surface area contributed by atoms with Crippen LogP contribution in [0, 0.1) is 0 Å². The van der Waals surface area contributed by atoms with Gasteiger partial charge in [0.05, 0.1) is 5.69 Å². The number of halogens is 1. The molecule has 1 saturated heterocycles. The van der Waals surface area contributed by atoms with Gasteiger partial charge in [0, 0.05) is 22.8 Å². The van der Waals surface area contributed by atoms with Gasteiger partial charge in [-0.05, 0) is 43.5 Å². The summed E-state index contributed by atoms with van der Waals surface area (Å²) >= 11 is 6.15. The molecule has 3 rings (SSSR count). The van der Waals surface area contributed by atoms with E-state index in [0.29, 0.717) is 6.04 Å². The van der Waals surface area contributed by atoms with Crippen LogP contribution >= 0.6 is 11.6 Å². The molecule has 1 N–H and O–H groups in total. The Kier molecular flexibility index (Phi) is 2.26. The summed E-state index contributed by atoms with van der Waals surface area (Å²) in [7, 11) is 0. The molecule has 1 fully saturated rings. The molecule has 78 valence electrons. The predicted octanol–water partition coefficient (Wildman–Crippen LogP) is 2.43. The molecule has 0 radical (unpaired) electrons. The van der Waals surface area contributed by atoms with Gasteiger partial charge >= 0.3 is 0 Å². The van der Waals surface area contributed by atoms with E-state index in [2.05, 4.69) is 16.4 Å². The maximum absolute atomic E-state index is 6.15. The molecule has 2 nitrogen and oxygen atoms in total. The molecule has 0 aromatic carbocycles. The summed E-state index contributed by atoms with van der Waals surface area (Å²) in [6.07, 6.45) is 7.48. The molecule has 1 aromatic heterocycles. The predicted molar refractivity (Wildman–Crippen MR) is 62.0 cm³/mol. The summed E-state index contributed by atoms with van der Waals surface area (Å²) in [5, 5.41) is 4.36. The number of pyridine rings is 1. The zero-order chi connectivity index (χ0) is 10.3. The zero-order valence-electron chi connectivity index (χ0n) is 8.46. The van der Waals surface area contributed by atoms with Crippen molar-refractivity contribution in [2.45, 2.75) is 25.3 Å². The largest absolute Gasteiger partial charge is 0.310 e. The van der Waals surface area contributed by atoms with E-state index in [-0.39, 0.29) is 0 Å². The van der Waals surface area contributed by atoms with E-state index in [1.807, 2.05) is 6.07 Å². The molecule has 2 aliphatic rings. The summed E-state index contributed by atoms with van der Waals surface area (Å²) < 4.78 is 0. The van der Waals surface area contributed by atoms with Crippen LogP contribution in [0.2, 0.25) is 5.02 Å². The average molecular weight is 221 g/mol. The van der Waals surface area contributed by atoms with Gasteiger partial charge in [0.25, 0.3) is 0 Å². The molecule has 1 aromatic rings. The molecule has 0 saturated carbocycles. The lowest BCUT2D eigenvalue weighted by atomic mass is 10.0. The van der Waals surface area contributed by atoms with Crippen molar-refractivity contribution >= 4 is 17.7 Å². The second kappa shape index (κ2) is 3.62. The SMILES string of the molecule is Clc1ccnc2c1CC(C1CCCN1)=C2. The van der Waals surface area contributed by atoms with E-state index in [1.54, 1.807) is 6.20 Å². The first-order chi connectivity index (χ1) is 7.34. The van der Waals surface area contributed by atoms with Crippen LogP contribution in [0.3, 0.4) is 0 Å². The summed E-state index contributed by atoms with van der Waals surface area (Å²) in [5.74, 6) is 0. The molecular weight excluding hydrogens is 208 g/mol. The van der Waals surface area contributed by atoms with Gasteiger partial charge in [0.2, 0.25) is 0 Å². The van der Waals surface area contributed by atoms with Crippen molar-refractivity contribution in [3.05, 3.63) is 34.1 Å². The lowest BCUT2D eigenvalue weighted by molar-refractivity contribution is 0.681. The van der Waals surface area contributed by atoms with E-state index in [0.717, 1.165) is 23.7 Å². The third kappa shape index (κ3) is 1.58. The maximum Gasteiger partial charge on any atom is 0.0680 e. The molecule has 1 aliphatic carbocycles. The monoisotopic (exact) mass is 220 g/mol. The Bertz CT molecular complexity index is 420. The number of nitrogens with zero attached hydrogens (tertiary/aromatic N) is 1. The van der Waals surface area contributed by atoms with Crippen LogP contribution in [0.25, 0.3) is 6.08 Å². The van der Waals surface area contributed by atoms with Gasteiger partial charge < -0.3 is 5.32 Å². The first kappa shape index (κ1) is 9.37. The Morgan fingerprint density at radius 3 is 3.13 bits per heavy atom. The number of nitrogens with one attached hydrogen (secondary N) is 1. The Morgan fingerprint density at radius 1 is 1.47 bits per heavy atom. The normalized spacial score (nSPS) is 24.1. The minimum Gasteiger partial charge on any atom is -0.310 e. The molecule has 3 heteroatoms. The van der Waals surface area contributed by atoms with Gasteiger partial charge in [0.1, 0.15) is 0 Å². The second-order valence-electron chi connectivity index (χ2n) is 4.20. The highest BCUT2D eigenvalue weighted by molar-refractivity contribution is 6.31. The third-order valence-corrected chi connectivity index (χ3v) is 3.60. The van der Waals surface area contributed by atoms with E-state index < -0.39 is 0 Å². The first-order valence-electron chi connectivity index (χ1n) is 5.42. The fourth-order valence-electron chi connectivity index (χ4n) is 2.44. The third-order valence-electron chi connectivity index (χ3n) is 3.24. The van der Waals surface area contributed by atoms with Crippen molar-refractivity contribution in [1.29, 1.82) is 0 Å². The van der Waals surface area contributed by atoms with Crippen LogP contribution in [0.4, 0.5) is 0 Å². The molecule has 0 bridgehead atoms. The molecular formula is C12H13ClN2. The Hall–Kier alpha value is -0.860. The Balaban J connectivity index is 1.91. The van der Waals surface area contributed by atoms with Crippen molar-refractivity contribution in [3.8, 4) is 0 Å². The summed E-state index contributed by atoms with van der Waals surface area (Å²) in [6.45, 7) is 1.14. The summed E-state index contributed by atoms with van der Waals surface area (Å²) in [6, 6.07) is 2.43. The highest BCUT2D eigenvalue weighted by Gasteiger charge is 2.24. The van der Waals surface area contributed by atoms with Crippen molar-refractivity contribution in [1.82, 2.24) is 10.3 Å². The van der Waals surface area contributed by atoms with Gasteiger partial charge in [-0.1, -0.05) is 11.6 Å². The minimum absolute atomic E-state index is 0.551. The molecule has 0 amide bonds. The van der Waals surface area contributed by atoms with Gasteiger partial charge in [0.15, 0.2) is 0 Å². The second-order valence-corrected chi connectivity index (χ2v) is 4.61. The number of aromatic nitrogens is 1. The van der Waals surface area contributed by atoms with Gasteiger partial charge in [-0.25, -0.2) is 0 Å². The van der Waals surface area contributed by atoms with E-state index in [9.17, 15) is 0 Å². The number of rotatable bonds is 1. The van der Waals surface area contributed by atoms with Crippen LogP contribution in [-0.2, 0) is 6.42 Å². The highest BCUT2D eigenvalue weighted by Crippen LogP contribution is 2.32. The number of fused-ring (bicyclic) bond motifs is 1. The standard InChI is InChI=1S/C12H13ClN2/c13-10-3-5-15-12-7-8(6-9(10)12)11-2-1-4-14-11/h3,5,7,11,14H,1-2,4,6H2. The molecule has 1 unspecified atom stereocenters. The van der Waals surface area contributed by atoms with Gasteiger partial charge in [-0.15, -0.1) is 0 Å².